The monoisotopic (exact) mass is 2030 g/mol. The van der Waals surface area contributed by atoms with Crippen molar-refractivity contribution in [2.24, 2.45) is 110 Å². The summed E-state index contributed by atoms with van der Waals surface area (Å²) in [6.45, 7) is 86.3. The van der Waals surface area contributed by atoms with E-state index in [0.717, 1.165) is 232 Å². The van der Waals surface area contributed by atoms with Crippen LogP contribution in [0.5, 0.6) is 0 Å². The van der Waals surface area contributed by atoms with E-state index < -0.39 is 11.2 Å². The summed E-state index contributed by atoms with van der Waals surface area (Å²) in [4.78, 5) is 92.0. The molecule has 0 radical (unpaired) electrons. The summed E-state index contributed by atoms with van der Waals surface area (Å²) in [5, 5.41) is 8.63. The molecule has 9 heterocycles. The van der Waals surface area contributed by atoms with Crippen molar-refractivity contribution in [1.82, 2.24) is 44.2 Å². The normalized spacial score (nSPS) is 21.7. The van der Waals surface area contributed by atoms with Crippen molar-refractivity contribution in [2.45, 2.75) is 398 Å². The van der Waals surface area contributed by atoms with Gasteiger partial charge < -0.3 is 38.5 Å². The van der Waals surface area contributed by atoms with Crippen LogP contribution in [0.4, 0.5) is 9.59 Å². The van der Waals surface area contributed by atoms with Crippen LogP contribution >= 0.6 is 0 Å². The van der Waals surface area contributed by atoms with Crippen LogP contribution in [0.1, 0.15) is 378 Å². The van der Waals surface area contributed by atoms with E-state index in [0.29, 0.717) is 71.0 Å². The second-order valence-corrected chi connectivity index (χ2v) is 52.1. The number of methoxy groups -OCH3 is 2. The van der Waals surface area contributed by atoms with Crippen LogP contribution in [0.2, 0.25) is 0 Å². The Balaban J connectivity index is 0.000000290. The minimum Gasteiger partial charge on any atom is -0.469 e. The van der Waals surface area contributed by atoms with Crippen LogP contribution in [0.15, 0.2) is 116 Å². The number of aromatic nitrogens is 1. The van der Waals surface area contributed by atoms with Gasteiger partial charge in [-0.2, -0.15) is 5.26 Å². The molecular weight excluding hydrogens is 1810 g/mol. The predicted octanol–water partition coefficient (Wildman–Crippen LogP) is 28.6. The highest BCUT2D eigenvalue weighted by molar-refractivity contribution is 5.79. The van der Waals surface area contributed by atoms with Crippen molar-refractivity contribution >= 4 is 35.8 Å². The Morgan fingerprint density at radius 2 is 0.890 bits per heavy atom. The average molecular weight is 2030 g/mol. The second-order valence-electron chi connectivity index (χ2n) is 52.1. The number of carbonyl (C=O) groups excluding carboxylic acids is 6. The Kier molecular flexibility index (Phi) is 56.5. The first kappa shape index (κ1) is 129. The highest BCUT2D eigenvalue weighted by atomic mass is 16.6. The van der Waals surface area contributed by atoms with Crippen LogP contribution in [0.3, 0.4) is 0 Å². The summed E-state index contributed by atoms with van der Waals surface area (Å²) >= 11 is 0. The number of hydrogen-bond donors (Lipinski definition) is 0. The first-order valence-corrected chi connectivity index (χ1v) is 57.4. The Morgan fingerprint density at radius 3 is 1.29 bits per heavy atom. The van der Waals surface area contributed by atoms with Gasteiger partial charge >= 0.3 is 18.2 Å². The largest absolute Gasteiger partial charge is 0.469 e. The number of hydrogen-bond acceptors (Lipinski definition) is 16. The molecule has 0 N–H and O–H groups in total. The molecule has 4 aromatic rings. The smallest absolute Gasteiger partial charge is 0.410 e. The Hall–Kier alpha value is -7.28. The fourth-order valence-corrected chi connectivity index (χ4v) is 22.2. The minimum atomic E-state index is -0.393. The van der Waals surface area contributed by atoms with E-state index in [2.05, 4.69) is 283 Å². The van der Waals surface area contributed by atoms with Crippen LogP contribution in [-0.2, 0) is 57.8 Å². The number of benzene rings is 3. The lowest BCUT2D eigenvalue weighted by molar-refractivity contribution is -0.142. The van der Waals surface area contributed by atoms with E-state index in [1.54, 1.807) is 13.3 Å². The summed E-state index contributed by atoms with van der Waals surface area (Å²) in [6.07, 6.45) is 25.8. The molecule has 20 heteroatoms. The molecule has 7 atom stereocenters. The maximum atomic E-state index is 12.2. The van der Waals surface area contributed by atoms with Gasteiger partial charge in [-0.3, -0.25) is 43.8 Å². The van der Waals surface area contributed by atoms with E-state index in [-0.39, 0.29) is 42.1 Å². The molecule has 8 aliphatic heterocycles. The molecular formula is C126H214N10O10. The third kappa shape index (κ3) is 48.6. The van der Waals surface area contributed by atoms with Crippen molar-refractivity contribution in [3.05, 3.63) is 138 Å². The number of ether oxygens (including phenoxy) is 4. The maximum absolute atomic E-state index is 12.2. The molecule has 9 aliphatic rings. The Bertz CT molecular complexity index is 4280. The van der Waals surface area contributed by atoms with Gasteiger partial charge in [-0.15, -0.1) is 0 Å². The lowest BCUT2D eigenvalue weighted by Gasteiger charge is -2.42. The summed E-state index contributed by atoms with van der Waals surface area (Å²) in [5.74, 6) is 12.6. The molecule has 0 spiro atoms. The zero-order valence-electron chi connectivity index (χ0n) is 99.0. The van der Waals surface area contributed by atoms with Crippen LogP contribution < -0.4 is 0 Å². The number of carbonyl (C=O) groups is 6. The summed E-state index contributed by atoms with van der Waals surface area (Å²) in [7, 11) is 3.02. The topological polar surface area (TPSA) is 202 Å². The number of Topliss-reactive ketones (excluding diaryl/α,β-unsaturated/α-hetero) is 1. The molecule has 4 amide bonds. The van der Waals surface area contributed by atoms with E-state index in [4.69, 9.17) is 24.2 Å². The van der Waals surface area contributed by atoms with Gasteiger partial charge in [-0.05, 0) is 336 Å². The zero-order valence-corrected chi connectivity index (χ0v) is 99.0. The van der Waals surface area contributed by atoms with E-state index in [9.17, 15) is 28.8 Å². The summed E-state index contributed by atoms with van der Waals surface area (Å²) in [5.41, 5.74) is 5.77. The Morgan fingerprint density at radius 1 is 0.466 bits per heavy atom. The van der Waals surface area contributed by atoms with Gasteiger partial charge in [0.05, 0.1) is 26.0 Å². The second kappa shape index (κ2) is 63.9. The van der Waals surface area contributed by atoms with Gasteiger partial charge in [-0.1, -0.05) is 256 Å². The van der Waals surface area contributed by atoms with Gasteiger partial charge in [0.15, 0.2) is 0 Å². The molecule has 8 saturated heterocycles. The van der Waals surface area contributed by atoms with Gasteiger partial charge in [0.1, 0.15) is 23.6 Å². The number of nitrogens with zero attached hydrogens (tertiary/aromatic N) is 10. The number of amides is 4. The molecule has 1 aromatic heterocycles. The molecule has 146 heavy (non-hydrogen) atoms. The fraction of sp³-hybridized carbons (Fsp3) is 0.762. The number of rotatable bonds is 20. The minimum absolute atomic E-state index is 0.0827. The number of nitriles is 1. The summed E-state index contributed by atoms with van der Waals surface area (Å²) in [6, 6.07) is 39.5. The molecule has 1 aliphatic carbocycles. The SMILES string of the molecule is CC(C)(C)C1CCN(Cc2ccccc2)C(=O)C1.CC(C)(C)OC(=O)N1CCC(C(C)(C)C)CC1.CC(C)C1(C)CCN(C(=O)OC(C)(C)C)CC1.CC(C)C1CCC(=O)CC1.CC(C)C1CCN(C(C)CC#N)CC1.CC(C)C1CCN(Cc2ccccc2)C(C)C1.CC(C)C1CN(Cc2ccccc2)CCC1C.COC(=O)CC(c1cccnc1)N1CCC(C(C)C)CC1.COCC(=O)N1CCC(C(C)(C)C)CC1. The molecule has 828 valence electrons. The van der Waals surface area contributed by atoms with Crippen molar-refractivity contribution in [3.63, 3.8) is 0 Å². The van der Waals surface area contributed by atoms with Crippen molar-refractivity contribution < 1.29 is 47.7 Å². The maximum Gasteiger partial charge on any atom is 0.410 e. The van der Waals surface area contributed by atoms with Gasteiger partial charge in [-0.25, -0.2) is 9.59 Å². The predicted molar refractivity (Wildman–Crippen MR) is 606 cm³/mol. The molecule has 20 nitrogen and oxygen atoms in total. The third-order valence-electron chi connectivity index (χ3n) is 33.7. The fourth-order valence-electron chi connectivity index (χ4n) is 22.2. The average Bonchev–Trinajstić information content (AvgIpc) is 0.826. The van der Waals surface area contributed by atoms with Gasteiger partial charge in [0, 0.05) is 129 Å². The molecule has 9 fully saturated rings. The molecule has 7 unspecified atom stereocenters. The Labute approximate surface area is 892 Å². The lowest BCUT2D eigenvalue weighted by atomic mass is 9.72. The van der Waals surface area contributed by atoms with Crippen LogP contribution in [-0.4, -0.2) is 216 Å². The third-order valence-corrected chi connectivity index (χ3v) is 33.7. The van der Waals surface area contributed by atoms with Gasteiger partial charge in [0.2, 0.25) is 11.8 Å². The number of likely N-dealkylation sites (tertiary alicyclic amines) is 8. The highest BCUT2D eigenvalue weighted by Gasteiger charge is 2.40. The molecule has 0 bridgehead atoms. The van der Waals surface area contributed by atoms with Crippen molar-refractivity contribution in [3.8, 4) is 6.07 Å². The van der Waals surface area contributed by atoms with Crippen molar-refractivity contribution in [1.29, 1.82) is 5.26 Å². The zero-order chi connectivity index (χ0) is 109. The molecule has 13 rings (SSSR count). The summed E-state index contributed by atoms with van der Waals surface area (Å²) < 4.78 is 20.5. The number of pyridine rings is 1. The highest BCUT2D eigenvalue weighted by Crippen LogP contribution is 2.42. The molecule has 1 saturated carbocycles. The quantitative estimate of drug-likeness (QED) is 0.0596. The van der Waals surface area contributed by atoms with Crippen molar-refractivity contribution in [2.75, 3.05) is 112 Å². The first-order chi connectivity index (χ1) is 68.4. The first-order valence-electron chi connectivity index (χ1n) is 57.4. The number of ketones is 1. The number of piperidine rings is 8. The van der Waals surface area contributed by atoms with Crippen LogP contribution in [0.25, 0.3) is 0 Å². The van der Waals surface area contributed by atoms with Crippen LogP contribution in [0, 0.1) is 122 Å². The standard InChI is InChI=1S/C17H26N2O2.C16H23NO.2C16H25N.2C14H27NO2.C12H22N2.C12H23NO2.C9H16O/c1-13(2)14-6-9-19(10-7-14)16(11-17(20)21-3)15-5-4-8-18-12-15;1-16(2,3)14-9-10-17(15(18)11-14)12-13-7-5-4-6-8-13;1-13(2)16-9-10-17(14(3)11-16)12-15-7-5-4-6-8-15;1-13(2)16-12-17(10-9-14(16)3)11-15-7-5-4-6-8-15;1-13(2,3)11-7-9-15(10-8-11)12(16)17-14(4,5)6;1-11(2)14(6)7-9-15(10-8-14)12(16)17-13(3,4)5;1-10(2)12-5-8-14(9-6-12)11(3)4-7-13;1-12(2,3)10-5-7-13(8-6-10)11(14)9-15-4;1-7(2)8-3-5-9(10)6-4-8/h4-5,8,12-14,16H,6-7,9-11H2,1-3H3;4-8,14H,9-12H2,1-3H3;2*4-8,13-14,16H,9-12H2,1-3H3;2*11H,7-10H2,1-6H3;10-12H,4-6,8-9H2,1-3H3;10H,5-9H2,1-4H3;7-8H,3-6H2,1-2H3. The number of esters is 1. The van der Waals surface area contributed by atoms with Gasteiger partial charge in [0.25, 0.3) is 0 Å². The van der Waals surface area contributed by atoms with E-state index in [1.807, 2.05) is 91.6 Å². The van der Waals surface area contributed by atoms with E-state index in [1.165, 1.54) is 101 Å². The molecule has 3 aromatic carbocycles. The lowest BCUT2D eigenvalue weighted by Crippen LogP contribution is -2.45. The van der Waals surface area contributed by atoms with E-state index >= 15 is 0 Å².